The van der Waals surface area contributed by atoms with Crippen molar-refractivity contribution in [2.75, 3.05) is 0 Å². The number of rotatable bonds is 5. The summed E-state index contributed by atoms with van der Waals surface area (Å²) in [7, 11) is -3.90. The number of hydrogen-bond acceptors (Lipinski definition) is 5. The van der Waals surface area contributed by atoms with Gasteiger partial charge in [0.1, 0.15) is 15.5 Å². The third kappa shape index (κ3) is 2.86. The van der Waals surface area contributed by atoms with Crippen molar-refractivity contribution in [3.63, 3.8) is 0 Å². The molecule has 0 aromatic carbocycles. The van der Waals surface area contributed by atoms with Crippen molar-refractivity contribution in [2.24, 2.45) is 0 Å². The van der Waals surface area contributed by atoms with E-state index in [0.717, 1.165) is 11.3 Å². The molecule has 1 unspecified atom stereocenters. The first-order valence-corrected chi connectivity index (χ1v) is 7.64. The first-order chi connectivity index (χ1) is 8.92. The molecule has 2 N–H and O–H groups in total. The molecule has 1 atom stereocenters. The lowest BCUT2D eigenvalue weighted by Crippen LogP contribution is -2.27. The normalized spacial score (nSPS) is 13.3. The molecule has 0 saturated heterocycles. The minimum Gasteiger partial charge on any atom is -0.477 e. The summed E-state index contributed by atoms with van der Waals surface area (Å²) in [6.45, 7) is 1.61. The van der Waals surface area contributed by atoms with E-state index in [-0.39, 0.29) is 9.77 Å². The van der Waals surface area contributed by atoms with Crippen molar-refractivity contribution in [3.8, 4) is 0 Å². The summed E-state index contributed by atoms with van der Waals surface area (Å²) in [6.07, 6.45) is 1.44. The van der Waals surface area contributed by atoms with E-state index < -0.39 is 22.0 Å². The Bertz CT molecular complexity index is 672. The summed E-state index contributed by atoms with van der Waals surface area (Å²) in [6, 6.07) is 3.97. The maximum Gasteiger partial charge on any atom is 0.347 e. The van der Waals surface area contributed by atoms with Crippen molar-refractivity contribution < 1.29 is 22.7 Å². The molecule has 0 bridgehead atoms. The Morgan fingerprint density at radius 1 is 1.47 bits per heavy atom. The number of carboxylic acid groups (broad SMARTS) is 1. The van der Waals surface area contributed by atoms with Crippen LogP contribution < -0.4 is 4.72 Å². The SMILES string of the molecule is CC(NS(=O)(=O)c1ccsc1C(=O)O)c1ccco1. The molecule has 2 aromatic rings. The van der Waals surface area contributed by atoms with Crippen LogP contribution in [0.2, 0.25) is 0 Å². The summed E-state index contributed by atoms with van der Waals surface area (Å²) >= 11 is 0.867. The zero-order valence-electron chi connectivity index (χ0n) is 9.86. The topological polar surface area (TPSA) is 96.6 Å². The van der Waals surface area contributed by atoms with Crippen LogP contribution in [-0.4, -0.2) is 19.5 Å². The van der Waals surface area contributed by atoms with E-state index in [1.807, 2.05) is 0 Å². The van der Waals surface area contributed by atoms with Gasteiger partial charge in [-0.25, -0.2) is 17.9 Å². The van der Waals surface area contributed by atoms with Gasteiger partial charge in [-0.2, -0.15) is 0 Å². The summed E-state index contributed by atoms with van der Waals surface area (Å²) in [5, 5.41) is 10.4. The smallest absolute Gasteiger partial charge is 0.347 e. The molecule has 0 amide bonds. The molecule has 102 valence electrons. The van der Waals surface area contributed by atoms with Crippen LogP contribution in [0.1, 0.15) is 28.4 Å². The Morgan fingerprint density at radius 2 is 2.21 bits per heavy atom. The Balaban J connectivity index is 2.28. The van der Waals surface area contributed by atoms with E-state index in [4.69, 9.17) is 9.52 Å². The fourth-order valence-electron chi connectivity index (χ4n) is 1.56. The Labute approximate surface area is 113 Å². The number of thiophene rings is 1. The number of furan rings is 1. The molecule has 0 radical (unpaired) electrons. The predicted molar refractivity (Wildman–Crippen MR) is 68.7 cm³/mol. The summed E-state index contributed by atoms with van der Waals surface area (Å²) in [5.41, 5.74) is 0. The summed E-state index contributed by atoms with van der Waals surface area (Å²) in [5.74, 6) is -0.809. The molecule has 2 heterocycles. The highest BCUT2D eigenvalue weighted by Crippen LogP contribution is 2.24. The second-order valence-electron chi connectivity index (χ2n) is 3.78. The summed E-state index contributed by atoms with van der Waals surface area (Å²) < 4.78 is 31.7. The Hall–Kier alpha value is -1.64. The fourth-order valence-corrected chi connectivity index (χ4v) is 4.03. The molecule has 0 aliphatic rings. The number of nitrogens with one attached hydrogen (secondary N) is 1. The Kier molecular flexibility index (Phi) is 3.74. The van der Waals surface area contributed by atoms with Gasteiger partial charge in [-0.15, -0.1) is 11.3 Å². The second kappa shape index (κ2) is 5.16. The molecule has 2 aromatic heterocycles. The van der Waals surface area contributed by atoms with Gasteiger partial charge in [-0.1, -0.05) is 0 Å². The van der Waals surface area contributed by atoms with Gasteiger partial charge in [-0.05, 0) is 30.5 Å². The maximum atomic E-state index is 12.1. The predicted octanol–water partition coefficient (Wildman–Crippen LogP) is 2.08. The van der Waals surface area contributed by atoms with Crippen LogP contribution in [-0.2, 0) is 10.0 Å². The number of carbonyl (C=O) groups is 1. The largest absolute Gasteiger partial charge is 0.477 e. The first-order valence-electron chi connectivity index (χ1n) is 5.28. The third-order valence-corrected chi connectivity index (χ3v) is 5.03. The van der Waals surface area contributed by atoms with Crippen molar-refractivity contribution >= 4 is 27.3 Å². The van der Waals surface area contributed by atoms with Crippen LogP contribution in [0, 0.1) is 0 Å². The molecule has 0 spiro atoms. The monoisotopic (exact) mass is 301 g/mol. The number of carboxylic acids is 1. The molecule has 0 saturated carbocycles. The average Bonchev–Trinajstić information content (AvgIpc) is 3.00. The molecule has 0 aliphatic heterocycles. The highest BCUT2D eigenvalue weighted by atomic mass is 32.2. The molecular weight excluding hydrogens is 290 g/mol. The van der Waals surface area contributed by atoms with Crippen molar-refractivity contribution in [2.45, 2.75) is 17.9 Å². The third-order valence-electron chi connectivity index (χ3n) is 2.41. The van der Waals surface area contributed by atoms with Gasteiger partial charge in [0, 0.05) is 0 Å². The maximum absolute atomic E-state index is 12.1. The van der Waals surface area contributed by atoms with E-state index in [9.17, 15) is 13.2 Å². The average molecular weight is 301 g/mol. The number of aromatic carboxylic acids is 1. The zero-order valence-corrected chi connectivity index (χ0v) is 11.5. The molecular formula is C11H11NO5S2. The molecule has 2 rings (SSSR count). The van der Waals surface area contributed by atoms with E-state index in [0.29, 0.717) is 5.76 Å². The molecule has 6 nitrogen and oxygen atoms in total. The van der Waals surface area contributed by atoms with Gasteiger partial charge in [-0.3, -0.25) is 0 Å². The van der Waals surface area contributed by atoms with Crippen LogP contribution in [0.4, 0.5) is 0 Å². The number of hydrogen-bond donors (Lipinski definition) is 2. The van der Waals surface area contributed by atoms with Crippen molar-refractivity contribution in [1.82, 2.24) is 4.72 Å². The minimum atomic E-state index is -3.90. The van der Waals surface area contributed by atoms with Crippen LogP contribution in [0.3, 0.4) is 0 Å². The standard InChI is InChI=1S/C11H11NO5S2/c1-7(8-3-2-5-17-8)12-19(15,16)9-4-6-18-10(9)11(13)14/h2-7,12H,1H3,(H,13,14). The van der Waals surface area contributed by atoms with Crippen LogP contribution in [0.15, 0.2) is 39.2 Å². The van der Waals surface area contributed by atoms with Gasteiger partial charge in [0.15, 0.2) is 0 Å². The van der Waals surface area contributed by atoms with Gasteiger partial charge >= 0.3 is 5.97 Å². The fraction of sp³-hybridized carbons (Fsp3) is 0.182. The van der Waals surface area contributed by atoms with E-state index in [2.05, 4.69) is 4.72 Å². The van der Waals surface area contributed by atoms with Gasteiger partial charge in [0.2, 0.25) is 10.0 Å². The molecule has 8 heteroatoms. The van der Waals surface area contributed by atoms with E-state index in [1.165, 1.54) is 17.7 Å². The first kappa shape index (κ1) is 13.8. The number of sulfonamides is 1. The van der Waals surface area contributed by atoms with E-state index >= 15 is 0 Å². The van der Waals surface area contributed by atoms with Gasteiger partial charge < -0.3 is 9.52 Å². The lowest BCUT2D eigenvalue weighted by molar-refractivity contribution is 0.0698. The second-order valence-corrected chi connectivity index (χ2v) is 6.38. The van der Waals surface area contributed by atoms with E-state index in [1.54, 1.807) is 19.1 Å². The van der Waals surface area contributed by atoms with Crippen molar-refractivity contribution in [1.29, 1.82) is 0 Å². The quantitative estimate of drug-likeness (QED) is 0.881. The highest BCUT2D eigenvalue weighted by molar-refractivity contribution is 7.89. The molecule has 0 fully saturated rings. The van der Waals surface area contributed by atoms with Crippen molar-refractivity contribution in [3.05, 3.63) is 40.5 Å². The molecule has 0 aliphatic carbocycles. The van der Waals surface area contributed by atoms with Crippen LogP contribution in [0.5, 0.6) is 0 Å². The van der Waals surface area contributed by atoms with Crippen LogP contribution in [0.25, 0.3) is 0 Å². The lowest BCUT2D eigenvalue weighted by Gasteiger charge is -2.11. The summed E-state index contributed by atoms with van der Waals surface area (Å²) in [4.78, 5) is 10.5. The van der Waals surface area contributed by atoms with Gasteiger partial charge in [0.25, 0.3) is 0 Å². The van der Waals surface area contributed by atoms with Gasteiger partial charge in [0.05, 0.1) is 12.3 Å². The van der Waals surface area contributed by atoms with Crippen LogP contribution >= 0.6 is 11.3 Å². The minimum absolute atomic E-state index is 0.209. The Morgan fingerprint density at radius 3 is 2.79 bits per heavy atom. The molecule has 19 heavy (non-hydrogen) atoms. The zero-order chi connectivity index (χ0) is 14.0. The lowest BCUT2D eigenvalue weighted by atomic mass is 10.3. The highest BCUT2D eigenvalue weighted by Gasteiger charge is 2.26.